The Hall–Kier alpha value is -1.20. The first-order chi connectivity index (χ1) is 9.72. The first kappa shape index (κ1) is 12.5. The van der Waals surface area contributed by atoms with E-state index in [0.717, 1.165) is 24.8 Å². The smallest absolute Gasteiger partial charge is 0.243 e. The van der Waals surface area contributed by atoms with Crippen LogP contribution in [-0.4, -0.2) is 15.0 Å². The van der Waals surface area contributed by atoms with Gasteiger partial charge in [0.25, 0.3) is 0 Å². The van der Waals surface area contributed by atoms with Crippen molar-refractivity contribution in [3.63, 3.8) is 0 Å². The highest BCUT2D eigenvalue weighted by molar-refractivity contribution is 9.10. The molecule has 0 saturated heterocycles. The third kappa shape index (κ3) is 2.09. The van der Waals surface area contributed by atoms with Crippen LogP contribution in [0.1, 0.15) is 54.6 Å². The molecule has 0 amide bonds. The fourth-order valence-corrected chi connectivity index (χ4v) is 3.29. The van der Waals surface area contributed by atoms with Gasteiger partial charge in [0.05, 0.1) is 6.04 Å². The van der Waals surface area contributed by atoms with Crippen molar-refractivity contribution in [2.45, 2.75) is 44.8 Å². The Kier molecular flexibility index (Phi) is 2.93. The second-order valence-electron chi connectivity index (χ2n) is 5.72. The summed E-state index contributed by atoms with van der Waals surface area (Å²) in [7, 11) is 0. The fourth-order valence-electron chi connectivity index (χ4n) is 2.76. The molecule has 2 aliphatic rings. The van der Waals surface area contributed by atoms with Gasteiger partial charge in [0.2, 0.25) is 5.89 Å². The molecule has 0 spiro atoms. The summed E-state index contributed by atoms with van der Waals surface area (Å²) in [5.74, 6) is 2.19. The van der Waals surface area contributed by atoms with E-state index in [4.69, 9.17) is 4.52 Å². The Morgan fingerprint density at radius 2 is 2.20 bits per heavy atom. The van der Waals surface area contributed by atoms with E-state index in [1.54, 1.807) is 0 Å². The summed E-state index contributed by atoms with van der Waals surface area (Å²) >= 11 is 3.63. The van der Waals surface area contributed by atoms with Crippen molar-refractivity contribution in [1.82, 2.24) is 15.0 Å². The van der Waals surface area contributed by atoms with Crippen LogP contribution in [-0.2, 0) is 13.1 Å². The fraction of sp³-hybridized carbons (Fsp3) is 0.467. The first-order valence-corrected chi connectivity index (χ1v) is 7.85. The average Bonchev–Trinajstić information content (AvgIpc) is 3.03. The van der Waals surface area contributed by atoms with Gasteiger partial charge in [-0.15, -0.1) is 0 Å². The molecule has 0 unspecified atom stereocenters. The van der Waals surface area contributed by atoms with E-state index in [9.17, 15) is 0 Å². The Balaban J connectivity index is 1.55. The van der Waals surface area contributed by atoms with E-state index >= 15 is 0 Å². The van der Waals surface area contributed by atoms with Gasteiger partial charge in [-0.3, -0.25) is 4.90 Å². The molecule has 1 aliphatic carbocycles. The van der Waals surface area contributed by atoms with E-state index in [1.807, 2.05) is 0 Å². The van der Waals surface area contributed by atoms with Crippen LogP contribution in [0.25, 0.3) is 0 Å². The van der Waals surface area contributed by atoms with Crippen molar-refractivity contribution in [3.05, 3.63) is 45.5 Å². The summed E-state index contributed by atoms with van der Waals surface area (Å²) in [4.78, 5) is 6.95. The second-order valence-corrected chi connectivity index (χ2v) is 6.58. The van der Waals surface area contributed by atoms with Crippen molar-refractivity contribution in [2.75, 3.05) is 0 Å². The van der Waals surface area contributed by atoms with Gasteiger partial charge in [-0.05, 0) is 37.0 Å². The lowest BCUT2D eigenvalue weighted by molar-refractivity contribution is 0.174. The lowest BCUT2D eigenvalue weighted by Gasteiger charge is -2.20. The van der Waals surface area contributed by atoms with Crippen LogP contribution >= 0.6 is 15.9 Å². The lowest BCUT2D eigenvalue weighted by Crippen LogP contribution is -2.21. The van der Waals surface area contributed by atoms with Gasteiger partial charge >= 0.3 is 0 Å². The number of aromatic nitrogens is 2. The zero-order valence-corrected chi connectivity index (χ0v) is 12.9. The molecule has 1 aliphatic heterocycles. The Labute approximate surface area is 126 Å². The van der Waals surface area contributed by atoms with E-state index in [0.29, 0.717) is 5.92 Å². The van der Waals surface area contributed by atoms with Gasteiger partial charge in [-0.1, -0.05) is 33.2 Å². The normalized spacial score (nSPS) is 20.1. The quantitative estimate of drug-likeness (QED) is 0.857. The molecule has 20 heavy (non-hydrogen) atoms. The summed E-state index contributed by atoms with van der Waals surface area (Å²) in [6.07, 6.45) is 2.41. The standard InChI is InChI=1S/C15H16BrN3O/c1-9(15-17-14(18-20-15)10-5-6-10)19-7-11-3-2-4-13(16)12(11)8-19/h2-4,9-10H,5-8H2,1H3/t9-/m0/s1. The van der Waals surface area contributed by atoms with Crippen LogP contribution < -0.4 is 0 Å². The zero-order valence-electron chi connectivity index (χ0n) is 11.3. The van der Waals surface area contributed by atoms with Crippen molar-refractivity contribution in [2.24, 2.45) is 0 Å². The number of hydrogen-bond donors (Lipinski definition) is 0. The van der Waals surface area contributed by atoms with Crippen LogP contribution in [0, 0.1) is 0 Å². The molecular formula is C15H16BrN3O. The van der Waals surface area contributed by atoms with Gasteiger partial charge in [0.15, 0.2) is 5.82 Å². The number of nitrogens with zero attached hydrogens (tertiary/aromatic N) is 3. The van der Waals surface area contributed by atoms with Gasteiger partial charge in [-0.25, -0.2) is 0 Å². The lowest BCUT2D eigenvalue weighted by atomic mass is 10.1. The maximum atomic E-state index is 5.45. The molecular weight excluding hydrogens is 318 g/mol. The van der Waals surface area contributed by atoms with Crippen LogP contribution in [0.3, 0.4) is 0 Å². The monoisotopic (exact) mass is 333 g/mol. The Morgan fingerprint density at radius 1 is 1.35 bits per heavy atom. The summed E-state index contributed by atoms with van der Waals surface area (Å²) in [6.45, 7) is 4.01. The van der Waals surface area contributed by atoms with E-state index < -0.39 is 0 Å². The van der Waals surface area contributed by atoms with Crippen LogP contribution in [0.2, 0.25) is 0 Å². The number of rotatable bonds is 3. The minimum atomic E-state index is 0.161. The number of fused-ring (bicyclic) bond motifs is 1. The molecule has 1 aromatic carbocycles. The first-order valence-electron chi connectivity index (χ1n) is 7.06. The van der Waals surface area contributed by atoms with Gasteiger partial charge in [0, 0.05) is 23.5 Å². The van der Waals surface area contributed by atoms with Gasteiger partial charge < -0.3 is 4.52 Å². The molecule has 0 N–H and O–H groups in total. The molecule has 1 atom stereocenters. The van der Waals surface area contributed by atoms with Crippen molar-refractivity contribution in [3.8, 4) is 0 Å². The highest BCUT2D eigenvalue weighted by Crippen LogP contribution is 2.39. The molecule has 0 bridgehead atoms. The van der Waals surface area contributed by atoms with Crippen molar-refractivity contribution >= 4 is 15.9 Å². The topological polar surface area (TPSA) is 42.2 Å². The SMILES string of the molecule is C[C@@H](c1nc(C2CC2)no1)N1Cc2cccc(Br)c2C1. The summed E-state index contributed by atoms with van der Waals surface area (Å²) in [6, 6.07) is 6.55. The van der Waals surface area contributed by atoms with Crippen LogP contribution in [0.15, 0.2) is 27.2 Å². The van der Waals surface area contributed by atoms with Gasteiger partial charge in [0.1, 0.15) is 0 Å². The molecule has 1 saturated carbocycles. The predicted octanol–water partition coefficient (Wildman–Crippen LogP) is 3.79. The molecule has 104 valence electrons. The third-order valence-corrected chi connectivity index (χ3v) is 5.00. The summed E-state index contributed by atoms with van der Waals surface area (Å²) in [5.41, 5.74) is 2.76. The number of benzene rings is 1. The summed E-state index contributed by atoms with van der Waals surface area (Å²) < 4.78 is 6.64. The molecule has 5 heteroatoms. The van der Waals surface area contributed by atoms with E-state index in [2.05, 4.69) is 56.1 Å². The minimum absolute atomic E-state index is 0.161. The molecule has 2 aromatic rings. The minimum Gasteiger partial charge on any atom is -0.338 e. The van der Waals surface area contributed by atoms with E-state index in [1.165, 1.54) is 28.4 Å². The molecule has 1 fully saturated rings. The molecule has 4 nitrogen and oxygen atoms in total. The maximum absolute atomic E-state index is 5.45. The largest absolute Gasteiger partial charge is 0.338 e. The second kappa shape index (κ2) is 4.67. The average molecular weight is 334 g/mol. The number of halogens is 1. The van der Waals surface area contributed by atoms with Gasteiger partial charge in [-0.2, -0.15) is 4.98 Å². The van der Waals surface area contributed by atoms with Crippen molar-refractivity contribution < 1.29 is 4.52 Å². The molecule has 2 heterocycles. The highest BCUT2D eigenvalue weighted by Gasteiger charge is 2.32. The van der Waals surface area contributed by atoms with Crippen molar-refractivity contribution in [1.29, 1.82) is 0 Å². The zero-order chi connectivity index (χ0) is 13.7. The molecule has 4 rings (SSSR count). The molecule has 0 radical (unpaired) electrons. The third-order valence-electron chi connectivity index (χ3n) is 4.26. The summed E-state index contributed by atoms with van der Waals surface area (Å²) in [5, 5.41) is 4.12. The number of hydrogen-bond acceptors (Lipinski definition) is 4. The maximum Gasteiger partial charge on any atom is 0.243 e. The highest BCUT2D eigenvalue weighted by atomic mass is 79.9. The van der Waals surface area contributed by atoms with Crippen LogP contribution in [0.5, 0.6) is 0 Å². The predicted molar refractivity (Wildman–Crippen MR) is 78.1 cm³/mol. The van der Waals surface area contributed by atoms with Crippen LogP contribution in [0.4, 0.5) is 0 Å². The van der Waals surface area contributed by atoms with E-state index in [-0.39, 0.29) is 6.04 Å². The molecule has 1 aromatic heterocycles. The Morgan fingerprint density at radius 3 is 2.95 bits per heavy atom. The Bertz CT molecular complexity index is 650.